The third-order valence-corrected chi connectivity index (χ3v) is 5.22. The summed E-state index contributed by atoms with van der Waals surface area (Å²) in [5.41, 5.74) is 0. The fraction of sp³-hybridized carbons (Fsp3) is 0.909. The molecule has 0 bridgehead atoms. The van der Waals surface area contributed by atoms with Crippen molar-refractivity contribution in [3.8, 4) is 0 Å². The van der Waals surface area contributed by atoms with Gasteiger partial charge in [0.15, 0.2) is 9.84 Å². The molecule has 0 aromatic rings. The molecule has 2 aliphatic rings. The molecule has 0 radical (unpaired) electrons. The van der Waals surface area contributed by atoms with Gasteiger partial charge in [-0.25, -0.2) is 13.2 Å². The summed E-state index contributed by atoms with van der Waals surface area (Å²) in [7, 11) is -2.91. The smallest absolute Gasteiger partial charge is 0.317 e. The van der Waals surface area contributed by atoms with E-state index >= 15 is 0 Å². The average molecular weight is 260 g/mol. The van der Waals surface area contributed by atoms with E-state index in [0.29, 0.717) is 6.42 Å². The standard InChI is InChI=1S/C11H20N2O3S/c14-11(13-6-3-1-2-4-7-13)12-10-5-8-17(15,16)9-10/h10H,1-9H2,(H,12,14). The number of hydrogen-bond donors (Lipinski definition) is 1. The van der Waals surface area contributed by atoms with Gasteiger partial charge >= 0.3 is 6.03 Å². The van der Waals surface area contributed by atoms with Gasteiger partial charge < -0.3 is 10.2 Å². The van der Waals surface area contributed by atoms with E-state index in [1.807, 2.05) is 4.90 Å². The molecule has 6 heteroatoms. The fourth-order valence-corrected chi connectivity index (χ4v) is 4.12. The highest BCUT2D eigenvalue weighted by Crippen LogP contribution is 2.13. The summed E-state index contributed by atoms with van der Waals surface area (Å²) in [5.74, 6) is 0.310. The number of hydrogen-bond acceptors (Lipinski definition) is 3. The lowest BCUT2D eigenvalue weighted by molar-refractivity contribution is 0.196. The second-order valence-electron chi connectivity index (χ2n) is 4.95. The van der Waals surface area contributed by atoms with E-state index in [0.717, 1.165) is 25.9 Å². The highest BCUT2D eigenvalue weighted by molar-refractivity contribution is 7.91. The van der Waals surface area contributed by atoms with Gasteiger partial charge in [0.05, 0.1) is 11.5 Å². The highest BCUT2D eigenvalue weighted by Gasteiger charge is 2.30. The largest absolute Gasteiger partial charge is 0.334 e. The van der Waals surface area contributed by atoms with Gasteiger partial charge in [-0.3, -0.25) is 0 Å². The van der Waals surface area contributed by atoms with Crippen molar-refractivity contribution in [1.82, 2.24) is 10.2 Å². The first-order valence-electron chi connectivity index (χ1n) is 6.33. The first-order valence-corrected chi connectivity index (χ1v) is 8.15. The molecule has 0 aromatic carbocycles. The zero-order valence-corrected chi connectivity index (χ0v) is 10.8. The SMILES string of the molecule is O=C(NC1CCS(=O)(=O)C1)N1CCCCCC1. The van der Waals surface area contributed by atoms with Gasteiger partial charge in [-0.05, 0) is 19.3 Å². The van der Waals surface area contributed by atoms with Gasteiger partial charge in [0.2, 0.25) is 0 Å². The summed E-state index contributed by atoms with van der Waals surface area (Å²) < 4.78 is 22.6. The van der Waals surface area contributed by atoms with E-state index in [4.69, 9.17) is 0 Å². The molecule has 5 nitrogen and oxygen atoms in total. The molecule has 17 heavy (non-hydrogen) atoms. The second kappa shape index (κ2) is 5.25. The van der Waals surface area contributed by atoms with Gasteiger partial charge in [-0.2, -0.15) is 0 Å². The Balaban J connectivity index is 1.84. The fourth-order valence-electron chi connectivity index (χ4n) is 2.45. The number of amides is 2. The van der Waals surface area contributed by atoms with Crippen molar-refractivity contribution < 1.29 is 13.2 Å². The van der Waals surface area contributed by atoms with Crippen molar-refractivity contribution in [1.29, 1.82) is 0 Å². The molecule has 2 aliphatic heterocycles. The van der Waals surface area contributed by atoms with E-state index < -0.39 is 9.84 Å². The minimum Gasteiger partial charge on any atom is -0.334 e. The molecule has 98 valence electrons. The first-order chi connectivity index (χ1) is 8.07. The predicted molar refractivity (Wildman–Crippen MR) is 65.6 cm³/mol. The molecule has 0 saturated carbocycles. The van der Waals surface area contributed by atoms with E-state index in [1.165, 1.54) is 12.8 Å². The number of sulfone groups is 1. The van der Waals surface area contributed by atoms with Crippen LogP contribution in [0.15, 0.2) is 0 Å². The van der Waals surface area contributed by atoms with Crippen molar-refractivity contribution in [3.63, 3.8) is 0 Å². The van der Waals surface area contributed by atoms with Crippen LogP contribution >= 0.6 is 0 Å². The van der Waals surface area contributed by atoms with Crippen LogP contribution in [-0.2, 0) is 9.84 Å². The molecule has 0 aromatic heterocycles. The minimum absolute atomic E-state index is 0.0889. The zero-order chi connectivity index (χ0) is 12.3. The minimum atomic E-state index is -2.91. The third kappa shape index (κ3) is 3.59. The van der Waals surface area contributed by atoms with Crippen molar-refractivity contribution in [2.24, 2.45) is 0 Å². The molecule has 1 N–H and O–H groups in total. The number of likely N-dealkylation sites (tertiary alicyclic amines) is 1. The van der Waals surface area contributed by atoms with Crippen molar-refractivity contribution >= 4 is 15.9 Å². The summed E-state index contributed by atoms with van der Waals surface area (Å²) in [5, 5.41) is 2.84. The number of rotatable bonds is 1. The Morgan fingerprint density at radius 3 is 2.29 bits per heavy atom. The van der Waals surface area contributed by atoms with E-state index in [-0.39, 0.29) is 23.6 Å². The molecular formula is C11H20N2O3S. The van der Waals surface area contributed by atoms with Crippen LogP contribution < -0.4 is 5.32 Å². The summed E-state index contributed by atoms with van der Waals surface area (Å²) in [4.78, 5) is 13.8. The lowest BCUT2D eigenvalue weighted by atomic mass is 10.2. The number of carbonyl (C=O) groups is 1. The van der Waals surface area contributed by atoms with Crippen LogP contribution in [0.2, 0.25) is 0 Å². The Hall–Kier alpha value is -0.780. The summed E-state index contributed by atoms with van der Waals surface area (Å²) in [6.07, 6.45) is 5.03. The second-order valence-corrected chi connectivity index (χ2v) is 7.18. The monoisotopic (exact) mass is 260 g/mol. The van der Waals surface area contributed by atoms with Crippen LogP contribution in [0.5, 0.6) is 0 Å². The topological polar surface area (TPSA) is 66.5 Å². The Kier molecular flexibility index (Phi) is 3.91. The zero-order valence-electron chi connectivity index (χ0n) is 10.0. The van der Waals surface area contributed by atoms with Gasteiger partial charge in [0.1, 0.15) is 0 Å². The lowest BCUT2D eigenvalue weighted by Crippen LogP contribution is -2.45. The molecule has 0 spiro atoms. The summed E-state index contributed by atoms with van der Waals surface area (Å²) in [6, 6.07) is -0.273. The Morgan fingerprint density at radius 1 is 1.12 bits per heavy atom. The van der Waals surface area contributed by atoms with Crippen molar-refractivity contribution in [2.75, 3.05) is 24.6 Å². The van der Waals surface area contributed by atoms with Gasteiger partial charge in [0, 0.05) is 19.1 Å². The Labute approximate surface area is 102 Å². The summed E-state index contributed by atoms with van der Waals surface area (Å²) >= 11 is 0. The number of urea groups is 1. The predicted octanol–water partition coefficient (Wildman–Crippen LogP) is 0.759. The molecule has 2 rings (SSSR count). The summed E-state index contributed by atoms with van der Waals surface area (Å²) in [6.45, 7) is 1.59. The van der Waals surface area contributed by atoms with Gasteiger partial charge in [-0.15, -0.1) is 0 Å². The first kappa shape index (κ1) is 12.7. The molecular weight excluding hydrogens is 240 g/mol. The molecule has 0 aliphatic carbocycles. The lowest BCUT2D eigenvalue weighted by Gasteiger charge is -2.22. The molecule has 2 fully saturated rings. The van der Waals surface area contributed by atoms with Crippen molar-refractivity contribution in [2.45, 2.75) is 38.1 Å². The third-order valence-electron chi connectivity index (χ3n) is 3.45. The Bertz CT molecular complexity index is 372. The van der Waals surface area contributed by atoms with E-state index in [1.54, 1.807) is 0 Å². The number of nitrogens with zero attached hydrogens (tertiary/aromatic N) is 1. The van der Waals surface area contributed by atoms with Gasteiger partial charge in [0.25, 0.3) is 0 Å². The maximum absolute atomic E-state index is 11.9. The number of nitrogens with one attached hydrogen (secondary N) is 1. The molecule has 2 heterocycles. The van der Waals surface area contributed by atoms with Crippen LogP contribution in [0.1, 0.15) is 32.1 Å². The van der Waals surface area contributed by atoms with Crippen LogP contribution in [0.3, 0.4) is 0 Å². The normalized spacial score (nSPS) is 28.7. The van der Waals surface area contributed by atoms with Crippen LogP contribution in [0.4, 0.5) is 4.79 Å². The maximum atomic E-state index is 11.9. The van der Waals surface area contributed by atoms with Crippen LogP contribution in [0, 0.1) is 0 Å². The molecule has 1 atom stereocenters. The maximum Gasteiger partial charge on any atom is 0.317 e. The van der Waals surface area contributed by atoms with Crippen LogP contribution in [0.25, 0.3) is 0 Å². The van der Waals surface area contributed by atoms with Crippen molar-refractivity contribution in [3.05, 3.63) is 0 Å². The Morgan fingerprint density at radius 2 is 1.76 bits per heavy atom. The van der Waals surface area contributed by atoms with Gasteiger partial charge in [-0.1, -0.05) is 12.8 Å². The van der Waals surface area contributed by atoms with Crippen LogP contribution in [-0.4, -0.2) is 50.0 Å². The quantitative estimate of drug-likeness (QED) is 0.757. The van der Waals surface area contributed by atoms with E-state index in [9.17, 15) is 13.2 Å². The molecule has 2 saturated heterocycles. The molecule has 1 unspecified atom stereocenters. The molecule has 2 amide bonds. The number of carbonyl (C=O) groups excluding carboxylic acids is 1. The highest BCUT2D eigenvalue weighted by atomic mass is 32.2. The average Bonchev–Trinajstić information content (AvgIpc) is 2.52. The van der Waals surface area contributed by atoms with E-state index in [2.05, 4.69) is 5.32 Å².